The summed E-state index contributed by atoms with van der Waals surface area (Å²) in [5.74, 6) is 2.56. The predicted octanol–water partition coefficient (Wildman–Crippen LogP) is 5.68. The van der Waals surface area contributed by atoms with Crippen molar-refractivity contribution in [1.82, 2.24) is 4.98 Å². The van der Waals surface area contributed by atoms with Crippen molar-refractivity contribution in [3.8, 4) is 0 Å². The van der Waals surface area contributed by atoms with E-state index in [-0.39, 0.29) is 11.5 Å². The second-order valence-electron chi connectivity index (χ2n) is 9.83. The molecule has 0 spiro atoms. The van der Waals surface area contributed by atoms with E-state index in [1.54, 1.807) is 11.3 Å². The molecule has 1 amide bonds. The van der Waals surface area contributed by atoms with Crippen molar-refractivity contribution in [2.24, 2.45) is 23.2 Å². The molecule has 1 saturated heterocycles. The summed E-state index contributed by atoms with van der Waals surface area (Å²) in [5.41, 5.74) is 0.638. The van der Waals surface area contributed by atoms with Crippen molar-refractivity contribution in [1.29, 1.82) is 0 Å². The Morgan fingerprint density at radius 2 is 1.93 bits per heavy atom. The minimum atomic E-state index is -0.172. The van der Waals surface area contributed by atoms with E-state index in [4.69, 9.17) is 21.3 Å². The third-order valence-electron chi connectivity index (χ3n) is 7.74. The van der Waals surface area contributed by atoms with Gasteiger partial charge in [-0.15, -0.1) is 0 Å². The van der Waals surface area contributed by atoms with Crippen LogP contribution in [0.15, 0.2) is 18.2 Å². The van der Waals surface area contributed by atoms with Gasteiger partial charge in [-0.25, -0.2) is 4.98 Å². The number of amides is 1. The summed E-state index contributed by atoms with van der Waals surface area (Å²) >= 11 is 7.99. The minimum absolute atomic E-state index is 0.121. The lowest BCUT2D eigenvalue weighted by atomic mass is 9.49. The number of thiazole rings is 1. The second kappa shape index (κ2) is 6.93. The lowest BCUT2D eigenvalue weighted by molar-refractivity contribution is -0.143. The number of para-hydroxylation sites is 1. The van der Waals surface area contributed by atoms with Crippen molar-refractivity contribution < 1.29 is 9.53 Å². The number of carbonyl (C=O) groups excluding carboxylic acids is 1. The molecule has 5 aliphatic rings. The van der Waals surface area contributed by atoms with Gasteiger partial charge in [0.1, 0.15) is 5.52 Å². The fraction of sp³-hybridized carbons (Fsp3) is 0.652. The molecule has 154 valence electrons. The van der Waals surface area contributed by atoms with Crippen molar-refractivity contribution >= 4 is 44.2 Å². The van der Waals surface area contributed by atoms with Gasteiger partial charge in [-0.3, -0.25) is 9.69 Å². The highest BCUT2D eigenvalue weighted by molar-refractivity contribution is 7.22. The number of anilines is 1. The maximum absolute atomic E-state index is 14.2. The van der Waals surface area contributed by atoms with E-state index in [1.165, 1.54) is 19.3 Å². The average Bonchev–Trinajstić information content (AvgIpc) is 3.35. The molecule has 1 aromatic heterocycles. The molecule has 29 heavy (non-hydrogen) atoms. The molecular formula is C23H27ClN2O2S. The zero-order valence-corrected chi connectivity index (χ0v) is 18.2. The van der Waals surface area contributed by atoms with Crippen LogP contribution in [0.1, 0.15) is 51.4 Å². The number of hydrogen-bond donors (Lipinski definition) is 0. The van der Waals surface area contributed by atoms with Crippen LogP contribution in [0, 0.1) is 23.2 Å². The predicted molar refractivity (Wildman–Crippen MR) is 117 cm³/mol. The molecule has 4 nitrogen and oxygen atoms in total. The molecule has 4 bridgehead atoms. The number of fused-ring (bicyclic) bond motifs is 1. The van der Waals surface area contributed by atoms with Crippen LogP contribution in [-0.4, -0.2) is 30.1 Å². The summed E-state index contributed by atoms with van der Waals surface area (Å²) in [6.07, 6.45) is 9.48. The first-order chi connectivity index (χ1) is 14.1. The molecule has 1 unspecified atom stereocenters. The minimum Gasteiger partial charge on any atom is -0.376 e. The second-order valence-corrected chi connectivity index (χ2v) is 11.2. The highest BCUT2D eigenvalue weighted by Crippen LogP contribution is 2.60. The normalized spacial score (nSPS) is 35.5. The molecule has 1 aromatic carbocycles. The van der Waals surface area contributed by atoms with Crippen LogP contribution < -0.4 is 4.90 Å². The zero-order valence-electron chi connectivity index (χ0n) is 16.6. The number of halogens is 1. The summed E-state index contributed by atoms with van der Waals surface area (Å²) in [7, 11) is 0. The van der Waals surface area contributed by atoms with Crippen molar-refractivity contribution in [2.45, 2.75) is 57.5 Å². The Hall–Kier alpha value is -1.17. The Morgan fingerprint density at radius 1 is 1.21 bits per heavy atom. The van der Waals surface area contributed by atoms with E-state index in [1.807, 2.05) is 23.1 Å². The summed E-state index contributed by atoms with van der Waals surface area (Å²) in [4.78, 5) is 21.0. The molecule has 0 N–H and O–H groups in total. The van der Waals surface area contributed by atoms with Crippen molar-refractivity contribution in [3.05, 3.63) is 23.2 Å². The average molecular weight is 431 g/mol. The first-order valence-corrected chi connectivity index (χ1v) is 12.3. The molecule has 5 fully saturated rings. The first kappa shape index (κ1) is 18.6. The van der Waals surface area contributed by atoms with Crippen LogP contribution in [0.25, 0.3) is 10.2 Å². The van der Waals surface area contributed by atoms with Gasteiger partial charge in [0.15, 0.2) is 5.13 Å². The van der Waals surface area contributed by atoms with Gasteiger partial charge in [0, 0.05) is 6.61 Å². The Kier molecular flexibility index (Phi) is 4.44. The topological polar surface area (TPSA) is 42.4 Å². The molecule has 2 heterocycles. The van der Waals surface area contributed by atoms with Gasteiger partial charge in [0.2, 0.25) is 5.91 Å². The molecule has 6 heteroatoms. The highest BCUT2D eigenvalue weighted by Gasteiger charge is 2.56. The van der Waals surface area contributed by atoms with Crippen molar-refractivity contribution in [3.63, 3.8) is 0 Å². The molecule has 2 aromatic rings. The smallest absolute Gasteiger partial charge is 0.235 e. The molecule has 7 rings (SSSR count). The lowest BCUT2D eigenvalue weighted by Gasteiger charge is -2.56. The van der Waals surface area contributed by atoms with E-state index in [9.17, 15) is 4.79 Å². The Bertz CT molecular complexity index is 916. The summed E-state index contributed by atoms with van der Waals surface area (Å²) < 4.78 is 6.97. The molecule has 4 saturated carbocycles. The third-order valence-corrected chi connectivity index (χ3v) is 9.09. The van der Waals surface area contributed by atoms with Crippen LogP contribution >= 0.6 is 22.9 Å². The summed E-state index contributed by atoms with van der Waals surface area (Å²) in [6.45, 7) is 1.42. The number of ether oxygens (including phenoxy) is 1. The quantitative estimate of drug-likeness (QED) is 0.626. The van der Waals surface area contributed by atoms with E-state index in [2.05, 4.69) is 0 Å². The zero-order chi connectivity index (χ0) is 19.6. The number of carbonyl (C=O) groups is 1. The molecule has 1 atom stereocenters. The van der Waals surface area contributed by atoms with Gasteiger partial charge >= 0.3 is 0 Å². The van der Waals surface area contributed by atoms with Gasteiger partial charge in [-0.2, -0.15) is 0 Å². The van der Waals surface area contributed by atoms with Crippen LogP contribution in [0.3, 0.4) is 0 Å². The Labute approximate surface area is 180 Å². The first-order valence-electron chi connectivity index (χ1n) is 11.1. The Morgan fingerprint density at radius 3 is 2.55 bits per heavy atom. The fourth-order valence-electron chi connectivity index (χ4n) is 6.92. The number of rotatable bonds is 4. The SMILES string of the molecule is O=C(N(CC1CCCO1)c1nc2c(Cl)cccc2s1)C12CC3CC(CC(C3)C1)C2. The largest absolute Gasteiger partial charge is 0.376 e. The lowest BCUT2D eigenvalue weighted by Crippen LogP contribution is -2.55. The van der Waals surface area contributed by atoms with E-state index < -0.39 is 0 Å². The maximum atomic E-state index is 14.2. The van der Waals surface area contributed by atoms with Crippen LogP contribution in [0.2, 0.25) is 5.02 Å². The molecule has 0 radical (unpaired) electrons. The number of aromatic nitrogens is 1. The van der Waals surface area contributed by atoms with Gasteiger partial charge in [0.25, 0.3) is 0 Å². The standard InChI is InChI=1S/C23H27ClN2O2S/c24-18-4-1-5-19-20(18)25-22(29-19)26(13-17-3-2-6-28-17)21(27)23-10-14-7-15(11-23)9-16(8-14)12-23/h1,4-5,14-17H,2-3,6-13H2. The van der Waals surface area contributed by atoms with E-state index >= 15 is 0 Å². The van der Waals surface area contributed by atoms with Crippen LogP contribution in [-0.2, 0) is 9.53 Å². The highest BCUT2D eigenvalue weighted by atomic mass is 35.5. The molecular weight excluding hydrogens is 404 g/mol. The monoisotopic (exact) mass is 430 g/mol. The summed E-state index contributed by atoms with van der Waals surface area (Å²) in [5, 5.41) is 1.45. The van der Waals surface area contributed by atoms with Crippen molar-refractivity contribution in [2.75, 3.05) is 18.1 Å². The third kappa shape index (κ3) is 3.12. The molecule has 1 aliphatic heterocycles. The molecule has 4 aliphatic carbocycles. The number of benzene rings is 1. The number of nitrogens with zero attached hydrogens (tertiary/aromatic N) is 2. The van der Waals surface area contributed by atoms with E-state index in [0.717, 1.165) is 71.8 Å². The number of hydrogen-bond acceptors (Lipinski definition) is 4. The van der Waals surface area contributed by atoms with Gasteiger partial charge in [0.05, 0.1) is 27.8 Å². The van der Waals surface area contributed by atoms with Gasteiger partial charge < -0.3 is 4.74 Å². The van der Waals surface area contributed by atoms with Gasteiger partial charge in [-0.1, -0.05) is 29.0 Å². The van der Waals surface area contributed by atoms with Gasteiger partial charge in [-0.05, 0) is 81.3 Å². The Balaban J connectivity index is 1.38. The van der Waals surface area contributed by atoms with Crippen LogP contribution in [0.5, 0.6) is 0 Å². The summed E-state index contributed by atoms with van der Waals surface area (Å²) in [6, 6.07) is 5.87. The fourth-order valence-corrected chi connectivity index (χ4v) is 8.19. The van der Waals surface area contributed by atoms with E-state index in [0.29, 0.717) is 17.5 Å². The maximum Gasteiger partial charge on any atom is 0.235 e. The van der Waals surface area contributed by atoms with Crippen LogP contribution in [0.4, 0.5) is 5.13 Å².